The summed E-state index contributed by atoms with van der Waals surface area (Å²) in [5, 5.41) is 6.61. The Morgan fingerprint density at radius 1 is 1.06 bits per heavy atom. The van der Waals surface area contributed by atoms with E-state index in [1.807, 2.05) is 37.3 Å². The first-order valence-corrected chi connectivity index (χ1v) is 11.8. The second-order valence-corrected chi connectivity index (χ2v) is 9.26. The maximum Gasteiger partial charge on any atom is 0.255 e. The molecule has 0 aliphatic carbocycles. The van der Waals surface area contributed by atoms with Crippen LogP contribution in [0.1, 0.15) is 28.9 Å². The topological polar surface area (TPSA) is 87.3 Å². The second kappa shape index (κ2) is 10.5. The number of rotatable bonds is 9. The van der Waals surface area contributed by atoms with E-state index >= 15 is 0 Å². The standard InChI is InChI=1S/C24H24ClN3O3S/c1-3-15-26-32(30,31)21-12-9-19(10-13-21)24(29)28-20-11-14-23(22(25)16-20)27-17(2)18-7-5-4-6-8-18/h3-14,16-17,26-27H,1,15H2,2H3,(H,28,29). The van der Waals surface area contributed by atoms with Gasteiger partial charge >= 0.3 is 0 Å². The van der Waals surface area contributed by atoms with Gasteiger partial charge in [0.1, 0.15) is 0 Å². The van der Waals surface area contributed by atoms with Crippen LogP contribution in [-0.2, 0) is 10.0 Å². The van der Waals surface area contributed by atoms with Crippen LogP contribution in [0.3, 0.4) is 0 Å². The maximum atomic E-state index is 12.6. The zero-order chi connectivity index (χ0) is 23.1. The molecule has 8 heteroatoms. The number of hydrogen-bond acceptors (Lipinski definition) is 4. The Bertz CT molecular complexity index is 1200. The fraction of sp³-hybridized carbons (Fsp3) is 0.125. The number of benzene rings is 3. The van der Waals surface area contributed by atoms with E-state index in [0.29, 0.717) is 16.3 Å². The molecule has 3 N–H and O–H groups in total. The van der Waals surface area contributed by atoms with Crippen LogP contribution < -0.4 is 15.4 Å². The fourth-order valence-corrected chi connectivity index (χ4v) is 4.24. The first kappa shape index (κ1) is 23.5. The number of carbonyl (C=O) groups excluding carboxylic acids is 1. The van der Waals surface area contributed by atoms with Gasteiger partial charge in [-0.3, -0.25) is 4.79 Å². The second-order valence-electron chi connectivity index (χ2n) is 7.09. The van der Waals surface area contributed by atoms with Crippen molar-refractivity contribution in [1.82, 2.24) is 4.72 Å². The Hall–Kier alpha value is -3.13. The van der Waals surface area contributed by atoms with Crippen molar-refractivity contribution in [1.29, 1.82) is 0 Å². The molecule has 0 aliphatic heterocycles. The average Bonchev–Trinajstić information content (AvgIpc) is 2.80. The molecule has 3 rings (SSSR count). The van der Waals surface area contributed by atoms with Gasteiger partial charge in [-0.15, -0.1) is 6.58 Å². The van der Waals surface area contributed by atoms with Crippen molar-refractivity contribution in [3.05, 3.63) is 102 Å². The Labute approximate surface area is 193 Å². The smallest absolute Gasteiger partial charge is 0.255 e. The summed E-state index contributed by atoms with van der Waals surface area (Å²) in [5.41, 5.74) is 2.74. The third-order valence-corrected chi connectivity index (χ3v) is 6.50. The van der Waals surface area contributed by atoms with Gasteiger partial charge in [0.2, 0.25) is 10.0 Å². The van der Waals surface area contributed by atoms with Crippen LogP contribution in [0.5, 0.6) is 0 Å². The van der Waals surface area contributed by atoms with E-state index in [9.17, 15) is 13.2 Å². The van der Waals surface area contributed by atoms with Gasteiger partial charge in [-0.05, 0) is 55.0 Å². The van der Waals surface area contributed by atoms with Crippen LogP contribution in [0.25, 0.3) is 0 Å². The van der Waals surface area contributed by atoms with Crippen molar-refractivity contribution in [2.45, 2.75) is 17.9 Å². The highest BCUT2D eigenvalue weighted by molar-refractivity contribution is 7.89. The highest BCUT2D eigenvalue weighted by Crippen LogP contribution is 2.29. The summed E-state index contributed by atoms with van der Waals surface area (Å²) in [7, 11) is -3.64. The number of amides is 1. The molecule has 3 aromatic carbocycles. The molecule has 0 radical (unpaired) electrons. The Morgan fingerprint density at radius 2 is 1.75 bits per heavy atom. The third-order valence-electron chi connectivity index (χ3n) is 4.74. The molecule has 3 aromatic rings. The van der Waals surface area contributed by atoms with E-state index in [0.717, 1.165) is 11.3 Å². The van der Waals surface area contributed by atoms with E-state index in [4.69, 9.17) is 11.6 Å². The molecule has 0 aromatic heterocycles. The summed E-state index contributed by atoms with van der Waals surface area (Å²) in [6.45, 7) is 5.65. The van der Waals surface area contributed by atoms with E-state index < -0.39 is 10.0 Å². The van der Waals surface area contributed by atoms with Crippen LogP contribution >= 0.6 is 11.6 Å². The van der Waals surface area contributed by atoms with Gasteiger partial charge < -0.3 is 10.6 Å². The van der Waals surface area contributed by atoms with Crippen molar-refractivity contribution in [3.8, 4) is 0 Å². The van der Waals surface area contributed by atoms with Crippen molar-refractivity contribution >= 4 is 38.9 Å². The quantitative estimate of drug-likeness (QED) is 0.374. The van der Waals surface area contributed by atoms with Crippen LogP contribution in [0.2, 0.25) is 5.02 Å². The number of halogens is 1. The van der Waals surface area contributed by atoms with Crippen LogP contribution in [-0.4, -0.2) is 20.9 Å². The predicted octanol–water partition coefficient (Wildman–Crippen LogP) is 5.23. The van der Waals surface area contributed by atoms with Crippen molar-refractivity contribution < 1.29 is 13.2 Å². The molecule has 166 valence electrons. The molecule has 0 fully saturated rings. The molecular formula is C24H24ClN3O3S. The minimum atomic E-state index is -3.64. The van der Waals surface area contributed by atoms with Gasteiger partial charge in [-0.25, -0.2) is 13.1 Å². The lowest BCUT2D eigenvalue weighted by Crippen LogP contribution is -2.23. The molecular weight excluding hydrogens is 446 g/mol. The largest absolute Gasteiger partial charge is 0.377 e. The Kier molecular flexibility index (Phi) is 7.69. The number of carbonyl (C=O) groups is 1. The summed E-state index contributed by atoms with van der Waals surface area (Å²) < 4.78 is 26.6. The van der Waals surface area contributed by atoms with Gasteiger partial charge in [-0.1, -0.05) is 48.0 Å². The number of anilines is 2. The van der Waals surface area contributed by atoms with Gasteiger partial charge in [0.05, 0.1) is 15.6 Å². The summed E-state index contributed by atoms with van der Waals surface area (Å²) in [6, 6.07) is 20.9. The zero-order valence-corrected chi connectivity index (χ0v) is 19.1. The van der Waals surface area contributed by atoms with Crippen molar-refractivity contribution in [3.63, 3.8) is 0 Å². The van der Waals surface area contributed by atoms with E-state index in [2.05, 4.69) is 21.9 Å². The molecule has 1 unspecified atom stereocenters. The Balaban J connectivity index is 1.66. The monoisotopic (exact) mass is 469 g/mol. The number of nitrogens with one attached hydrogen (secondary N) is 3. The summed E-state index contributed by atoms with van der Waals surface area (Å²) in [4.78, 5) is 12.6. The molecule has 0 heterocycles. The van der Waals surface area contributed by atoms with E-state index in [1.54, 1.807) is 18.2 Å². The van der Waals surface area contributed by atoms with Gasteiger partial charge in [-0.2, -0.15) is 0 Å². The lowest BCUT2D eigenvalue weighted by Gasteiger charge is -2.17. The molecule has 1 amide bonds. The van der Waals surface area contributed by atoms with Crippen molar-refractivity contribution in [2.75, 3.05) is 17.2 Å². The SMILES string of the molecule is C=CCNS(=O)(=O)c1ccc(C(=O)Nc2ccc(NC(C)c3ccccc3)c(Cl)c2)cc1. The molecule has 1 atom stereocenters. The Morgan fingerprint density at radius 3 is 2.38 bits per heavy atom. The van der Waals surface area contributed by atoms with Gasteiger partial charge in [0, 0.05) is 23.8 Å². The predicted molar refractivity (Wildman–Crippen MR) is 130 cm³/mol. The van der Waals surface area contributed by atoms with Gasteiger partial charge in [0.15, 0.2) is 0 Å². The molecule has 0 saturated carbocycles. The molecule has 0 saturated heterocycles. The highest BCUT2D eigenvalue weighted by atomic mass is 35.5. The third kappa shape index (κ3) is 5.97. The first-order valence-electron chi connectivity index (χ1n) is 9.93. The summed E-state index contributed by atoms with van der Waals surface area (Å²) in [5.74, 6) is -0.373. The molecule has 0 aliphatic rings. The maximum absolute atomic E-state index is 12.6. The van der Waals surface area contributed by atoms with E-state index in [-0.39, 0.29) is 23.4 Å². The van der Waals surface area contributed by atoms with Crippen LogP contribution in [0, 0.1) is 0 Å². The summed E-state index contributed by atoms with van der Waals surface area (Å²) >= 11 is 6.41. The van der Waals surface area contributed by atoms with Crippen molar-refractivity contribution in [2.24, 2.45) is 0 Å². The van der Waals surface area contributed by atoms with Gasteiger partial charge in [0.25, 0.3) is 5.91 Å². The minimum Gasteiger partial charge on any atom is -0.377 e. The summed E-state index contributed by atoms with van der Waals surface area (Å²) in [6.07, 6.45) is 1.45. The molecule has 32 heavy (non-hydrogen) atoms. The first-order chi connectivity index (χ1) is 15.3. The van der Waals surface area contributed by atoms with Crippen LogP contribution in [0.15, 0.2) is 90.3 Å². The number of sulfonamides is 1. The molecule has 0 spiro atoms. The van der Waals surface area contributed by atoms with E-state index in [1.165, 1.54) is 30.3 Å². The fourth-order valence-electron chi connectivity index (χ4n) is 3.01. The lowest BCUT2D eigenvalue weighted by molar-refractivity contribution is 0.102. The number of hydrogen-bond donors (Lipinski definition) is 3. The zero-order valence-electron chi connectivity index (χ0n) is 17.5. The average molecular weight is 470 g/mol. The molecule has 0 bridgehead atoms. The lowest BCUT2D eigenvalue weighted by atomic mass is 10.1. The van der Waals surface area contributed by atoms with Crippen LogP contribution in [0.4, 0.5) is 11.4 Å². The molecule has 6 nitrogen and oxygen atoms in total. The minimum absolute atomic E-state index is 0.0601. The normalized spacial score (nSPS) is 12.1. The highest BCUT2D eigenvalue weighted by Gasteiger charge is 2.15.